The van der Waals surface area contributed by atoms with Gasteiger partial charge in [-0.3, -0.25) is 0 Å². The van der Waals surface area contributed by atoms with E-state index >= 15 is 0 Å². The summed E-state index contributed by atoms with van der Waals surface area (Å²) in [5.41, 5.74) is 0. The Kier molecular flexibility index (Phi) is 17.9. The molecule has 0 fully saturated rings. The van der Waals surface area contributed by atoms with Crippen LogP contribution in [-0.4, -0.2) is 26.8 Å². The van der Waals surface area contributed by atoms with E-state index in [1.165, 1.54) is 6.42 Å². The molecule has 0 heterocycles. The summed E-state index contributed by atoms with van der Waals surface area (Å²) in [7, 11) is 1.97. The minimum atomic E-state index is 0.452. The Bertz CT molecular complexity index is 156. The van der Waals surface area contributed by atoms with Crippen LogP contribution in [0.25, 0.3) is 0 Å². The van der Waals surface area contributed by atoms with Crippen LogP contribution in [0.2, 0.25) is 0 Å². The summed E-state index contributed by atoms with van der Waals surface area (Å²) in [6.07, 6.45) is 2.29. The zero-order chi connectivity index (χ0) is 11.9. The molecule has 2 nitrogen and oxygen atoms in total. The first-order chi connectivity index (χ1) is 7.27. The van der Waals surface area contributed by atoms with Crippen LogP contribution in [0, 0.1) is 17.8 Å². The maximum Gasteiger partial charge on any atom is 0.107 e. The molecule has 0 aliphatic heterocycles. The monoisotopic (exact) mass is 213 g/mol. The molecule has 0 aliphatic rings. The Morgan fingerprint density at radius 1 is 1.20 bits per heavy atom. The number of nitrogens with one attached hydrogen (secondary N) is 1. The third-order valence-electron chi connectivity index (χ3n) is 1.53. The predicted octanol–water partition coefficient (Wildman–Crippen LogP) is 2.69. The summed E-state index contributed by atoms with van der Waals surface area (Å²) < 4.78 is 5.33. The van der Waals surface area contributed by atoms with Crippen LogP contribution in [0.5, 0.6) is 0 Å². The van der Waals surface area contributed by atoms with E-state index < -0.39 is 0 Å². The molecule has 15 heavy (non-hydrogen) atoms. The number of hydrogen-bond acceptors (Lipinski definition) is 2. The van der Waals surface area contributed by atoms with Gasteiger partial charge >= 0.3 is 0 Å². The predicted molar refractivity (Wildman–Crippen MR) is 67.9 cm³/mol. The highest BCUT2D eigenvalue weighted by Crippen LogP contribution is 1.88. The SMILES string of the molecule is CC.CNCCCCOCC#CC(C)C. The first kappa shape index (κ1) is 16.9. The van der Waals surface area contributed by atoms with E-state index in [0.717, 1.165) is 19.6 Å². The quantitative estimate of drug-likeness (QED) is 0.541. The number of unbranched alkanes of at least 4 members (excludes halogenated alkanes) is 1. The molecule has 2 heteroatoms. The van der Waals surface area contributed by atoms with Crippen molar-refractivity contribution in [2.75, 3.05) is 26.8 Å². The van der Waals surface area contributed by atoms with Crippen LogP contribution in [0.3, 0.4) is 0 Å². The average molecular weight is 213 g/mol. The van der Waals surface area contributed by atoms with Gasteiger partial charge in [-0.15, -0.1) is 0 Å². The molecule has 1 N–H and O–H groups in total. The fraction of sp³-hybridized carbons (Fsp3) is 0.846. The molecule has 0 radical (unpaired) electrons. The van der Waals surface area contributed by atoms with Crippen molar-refractivity contribution in [1.82, 2.24) is 5.32 Å². The first-order valence-corrected chi connectivity index (χ1v) is 5.98. The second kappa shape index (κ2) is 15.9. The molecule has 0 atom stereocenters. The fourth-order valence-electron chi connectivity index (χ4n) is 0.875. The number of hydrogen-bond donors (Lipinski definition) is 1. The van der Waals surface area contributed by atoms with Crippen LogP contribution in [0.1, 0.15) is 40.5 Å². The van der Waals surface area contributed by atoms with Gasteiger partial charge in [0.15, 0.2) is 0 Å². The fourth-order valence-corrected chi connectivity index (χ4v) is 0.875. The molecule has 0 rings (SSSR count). The van der Waals surface area contributed by atoms with Gasteiger partial charge in [0.1, 0.15) is 6.61 Å². The maximum absolute atomic E-state index is 5.33. The lowest BCUT2D eigenvalue weighted by molar-refractivity contribution is 0.162. The summed E-state index contributed by atoms with van der Waals surface area (Å²) in [5, 5.41) is 3.10. The van der Waals surface area contributed by atoms with Gasteiger partial charge in [0.25, 0.3) is 0 Å². The lowest BCUT2D eigenvalue weighted by Gasteiger charge is -1.99. The molecule has 0 aromatic heterocycles. The van der Waals surface area contributed by atoms with E-state index in [4.69, 9.17) is 4.74 Å². The first-order valence-electron chi connectivity index (χ1n) is 5.98. The zero-order valence-corrected chi connectivity index (χ0v) is 11.0. The molecule has 0 saturated carbocycles. The highest BCUT2D eigenvalue weighted by molar-refractivity contribution is 5.01. The van der Waals surface area contributed by atoms with E-state index in [0.29, 0.717) is 12.5 Å². The van der Waals surface area contributed by atoms with Gasteiger partial charge in [-0.25, -0.2) is 0 Å². The van der Waals surface area contributed by atoms with Gasteiger partial charge in [0.05, 0.1) is 0 Å². The van der Waals surface area contributed by atoms with E-state index in [1.54, 1.807) is 0 Å². The molecule has 0 unspecified atom stereocenters. The maximum atomic E-state index is 5.33. The molecule has 90 valence electrons. The van der Waals surface area contributed by atoms with Gasteiger partial charge in [-0.05, 0) is 26.4 Å². The van der Waals surface area contributed by atoms with Gasteiger partial charge in [0, 0.05) is 12.5 Å². The zero-order valence-electron chi connectivity index (χ0n) is 11.0. The van der Waals surface area contributed by atoms with Crippen LogP contribution >= 0.6 is 0 Å². The summed E-state index contributed by atoms with van der Waals surface area (Å²) in [6, 6.07) is 0. The van der Waals surface area contributed by atoms with E-state index in [-0.39, 0.29) is 0 Å². The highest BCUT2D eigenvalue weighted by atomic mass is 16.5. The Morgan fingerprint density at radius 3 is 2.40 bits per heavy atom. The van der Waals surface area contributed by atoms with E-state index in [2.05, 4.69) is 31.0 Å². The van der Waals surface area contributed by atoms with Crippen molar-refractivity contribution in [3.05, 3.63) is 0 Å². The third-order valence-corrected chi connectivity index (χ3v) is 1.53. The van der Waals surface area contributed by atoms with Crippen LogP contribution in [0.15, 0.2) is 0 Å². The van der Waals surface area contributed by atoms with Crippen LogP contribution in [0.4, 0.5) is 0 Å². The molecule has 0 aromatic rings. The van der Waals surface area contributed by atoms with Crippen molar-refractivity contribution in [2.24, 2.45) is 5.92 Å². The molecular weight excluding hydrogens is 186 g/mol. The Morgan fingerprint density at radius 2 is 1.87 bits per heavy atom. The van der Waals surface area contributed by atoms with E-state index in [1.807, 2.05) is 20.9 Å². The number of rotatable bonds is 6. The molecule has 0 bridgehead atoms. The highest BCUT2D eigenvalue weighted by Gasteiger charge is 1.86. The van der Waals surface area contributed by atoms with Gasteiger partial charge < -0.3 is 10.1 Å². The standard InChI is InChI=1S/C11H21NO.C2H6/c1-11(2)7-6-10-13-9-5-4-8-12-3;1-2/h11-12H,4-5,8-10H2,1-3H3;1-2H3. The summed E-state index contributed by atoms with van der Waals surface area (Å²) in [4.78, 5) is 0. The van der Waals surface area contributed by atoms with Crippen molar-refractivity contribution in [2.45, 2.75) is 40.5 Å². The third kappa shape index (κ3) is 19.8. The molecule has 0 aliphatic carbocycles. The second-order valence-corrected chi connectivity index (χ2v) is 3.34. The summed E-state index contributed by atoms with van der Waals surface area (Å²) >= 11 is 0. The summed E-state index contributed by atoms with van der Waals surface area (Å²) in [5.74, 6) is 6.50. The normalized spacial score (nSPS) is 8.93. The molecular formula is C13H27NO. The van der Waals surface area contributed by atoms with Crippen molar-refractivity contribution < 1.29 is 4.74 Å². The number of ether oxygens (including phenoxy) is 1. The summed E-state index contributed by atoms with van der Waals surface area (Å²) in [6.45, 7) is 10.6. The molecule has 0 spiro atoms. The largest absolute Gasteiger partial charge is 0.369 e. The molecule has 0 aromatic carbocycles. The van der Waals surface area contributed by atoms with Crippen molar-refractivity contribution in [3.63, 3.8) is 0 Å². The minimum absolute atomic E-state index is 0.452. The van der Waals surface area contributed by atoms with Gasteiger partial charge in [-0.1, -0.05) is 39.5 Å². The Balaban J connectivity index is 0. The Hall–Kier alpha value is -0.520. The van der Waals surface area contributed by atoms with Crippen LogP contribution in [-0.2, 0) is 4.74 Å². The van der Waals surface area contributed by atoms with E-state index in [9.17, 15) is 0 Å². The lowest BCUT2D eigenvalue weighted by atomic mass is 10.2. The average Bonchev–Trinajstić information content (AvgIpc) is 2.24. The minimum Gasteiger partial charge on any atom is -0.369 e. The van der Waals surface area contributed by atoms with Gasteiger partial charge in [-0.2, -0.15) is 0 Å². The Labute approximate surface area is 95.8 Å². The van der Waals surface area contributed by atoms with Crippen molar-refractivity contribution >= 4 is 0 Å². The van der Waals surface area contributed by atoms with Crippen LogP contribution < -0.4 is 5.32 Å². The lowest BCUT2D eigenvalue weighted by Crippen LogP contribution is -2.08. The van der Waals surface area contributed by atoms with Crippen molar-refractivity contribution in [1.29, 1.82) is 0 Å². The smallest absolute Gasteiger partial charge is 0.107 e. The second-order valence-electron chi connectivity index (χ2n) is 3.34. The molecule has 0 saturated heterocycles. The van der Waals surface area contributed by atoms with Crippen molar-refractivity contribution in [3.8, 4) is 11.8 Å². The van der Waals surface area contributed by atoms with Gasteiger partial charge in [0.2, 0.25) is 0 Å². The topological polar surface area (TPSA) is 21.3 Å². The molecule has 0 amide bonds.